The number of aliphatic hydroxyl groups excluding tert-OH is 3. The van der Waals surface area contributed by atoms with Crippen molar-refractivity contribution >= 4 is 82.8 Å². The van der Waals surface area contributed by atoms with Crippen molar-refractivity contribution in [2.75, 3.05) is 60.0 Å². The molecule has 144 heavy (non-hydrogen) atoms. The van der Waals surface area contributed by atoms with Gasteiger partial charge in [-0.25, -0.2) is 19.2 Å². The van der Waals surface area contributed by atoms with Gasteiger partial charge in [0.05, 0.1) is 43.4 Å². The highest BCUT2D eigenvalue weighted by Crippen LogP contribution is 2.73. The average Bonchev–Trinajstić information content (AvgIpc) is 1.54. The van der Waals surface area contributed by atoms with Gasteiger partial charge in [0.15, 0.2) is 11.6 Å². The minimum Gasteiger partial charge on any atom is -0.480 e. The number of carboxylic acids is 2. The highest BCUT2D eigenvalue weighted by Gasteiger charge is 2.72. The van der Waals surface area contributed by atoms with Crippen LogP contribution in [-0.2, 0) is 67.0 Å². The first kappa shape index (κ1) is 123. The van der Waals surface area contributed by atoms with Gasteiger partial charge < -0.3 is 98.0 Å². The Bertz CT molecular complexity index is 4630. The summed E-state index contributed by atoms with van der Waals surface area (Å²) in [7, 11) is 3.60. The number of carboxylic acid groups (broad SMARTS) is 2. The monoisotopic (exact) mass is 2030 g/mol. The molecule has 5 saturated heterocycles. The predicted octanol–water partition coefficient (Wildman–Crippen LogP) is 13.5. The molecule has 0 bridgehead atoms. The first-order valence-electron chi connectivity index (χ1n) is 53.2. The van der Waals surface area contributed by atoms with Crippen LogP contribution in [0, 0.1) is 110 Å². The molecule has 12 fully saturated rings. The smallest absolute Gasteiger partial charge is 0.408 e. The molecule has 0 aromatic rings. The lowest BCUT2D eigenvalue weighted by atomic mass is 9.75. The van der Waals surface area contributed by atoms with Crippen LogP contribution in [0.4, 0.5) is 9.59 Å². The maximum absolute atomic E-state index is 14.1. The van der Waals surface area contributed by atoms with Crippen molar-refractivity contribution in [2.24, 2.45) is 122 Å². The van der Waals surface area contributed by atoms with E-state index < -0.39 is 123 Å². The summed E-state index contributed by atoms with van der Waals surface area (Å²) in [6, 6.07) is -4.91. The number of ketones is 3. The van der Waals surface area contributed by atoms with Gasteiger partial charge in [0.25, 0.3) is 5.91 Å². The molecule has 8 unspecified atom stereocenters. The molecule has 0 aromatic heterocycles. The Morgan fingerprint density at radius 1 is 0.417 bits per heavy atom. The van der Waals surface area contributed by atoms with E-state index in [2.05, 4.69) is 122 Å². The van der Waals surface area contributed by atoms with Crippen LogP contribution in [0.3, 0.4) is 0 Å². The molecule has 15 N–H and O–H groups in total. The number of carbonyl (C=O) groups is 14. The predicted molar refractivity (Wildman–Crippen MR) is 555 cm³/mol. The normalized spacial score (nSPS) is 28.7. The van der Waals surface area contributed by atoms with Crippen molar-refractivity contribution in [3.63, 3.8) is 0 Å². The number of nitrogens with one attached hydrogen (secondary N) is 6. The number of Topliss-reactive ketones (excluding diaryl/α,β-unsaturated/α-hetero) is 3. The zero-order valence-corrected chi connectivity index (χ0v) is 95.2. The molecule has 7 aliphatic carbocycles. The number of nitrogens with two attached hydrogens (primary N) is 2. The van der Waals surface area contributed by atoms with E-state index in [1.165, 1.54) is 19.3 Å². The molecule has 9 amide bonds. The number of amides is 9. The lowest BCUT2D eigenvalue weighted by Crippen LogP contribution is -2.57. The summed E-state index contributed by atoms with van der Waals surface area (Å²) >= 11 is 0. The Kier molecular flexibility index (Phi) is 37.9. The quantitative estimate of drug-likeness (QED) is 0.0324. The second-order valence-electron chi connectivity index (χ2n) is 57.5. The fraction of sp³-hybridized carbons (Fsp3) is 0.874. The molecule has 0 radical (unpaired) electrons. The van der Waals surface area contributed by atoms with Crippen molar-refractivity contribution in [1.82, 2.24) is 51.5 Å². The summed E-state index contributed by atoms with van der Waals surface area (Å²) in [6.07, 6.45) is 13.8. The van der Waals surface area contributed by atoms with Crippen LogP contribution in [0.15, 0.2) is 0 Å². The van der Waals surface area contributed by atoms with Gasteiger partial charge in [-0.05, 0) is 231 Å². The van der Waals surface area contributed by atoms with Gasteiger partial charge in [0, 0.05) is 69.9 Å². The van der Waals surface area contributed by atoms with Gasteiger partial charge in [-0.3, -0.25) is 47.9 Å². The number of hydrogen-bond acceptors (Lipinski definition) is 22. The number of nitrogens with zero attached hydrogens (tertiary/aromatic N) is 4. The molecule has 5 heterocycles. The largest absolute Gasteiger partial charge is 0.480 e. The molecule has 18 atom stereocenters. The number of carbonyl (C=O) groups excluding carboxylic acids is 12. The summed E-state index contributed by atoms with van der Waals surface area (Å²) in [6.45, 7) is 71.1. The van der Waals surface area contributed by atoms with Crippen LogP contribution in [0.2, 0.25) is 0 Å². The SMILES string of the molecule is CC(C)(C)CC(=O)N[C@H](C(=O)N1CC2(C[C@H]1C(=O)CC(CC1CCC1)C(=O)C(N)=O)CC2(C)C)C(C)(C)C.CC(C)(C)OC(=O)N[C@H](C(=O)N1CC2(C[C@H]1C(=O)CC(CC1CCC1)C(O)C(N)=O)CC2(C)C)C(C)(C)C.CC(C)(C)OC(=O)N[C@H](C(=O)O)C(C)(C)C.CC1(C)CC12CN[C@H](CO)C2.CN[C@H](C(=O)N1CC2(C[C@H]1C(=O)O)CC2(C)C)C(C)(C)C.CN[C@H](C(=O)N1CC2(C[C@H]1CO)CC2(C)C)C(C)(C)C. The van der Waals surface area contributed by atoms with Crippen molar-refractivity contribution in [3.05, 3.63) is 0 Å². The maximum Gasteiger partial charge on any atom is 0.408 e. The highest BCUT2D eigenvalue weighted by atomic mass is 16.6. The molecule has 33 nitrogen and oxygen atoms in total. The van der Waals surface area contributed by atoms with E-state index in [-0.39, 0.29) is 139 Å². The first-order valence-corrected chi connectivity index (χ1v) is 53.2. The molecular formula is C111H194N12O21. The lowest BCUT2D eigenvalue weighted by molar-refractivity contribution is -0.150. The van der Waals surface area contributed by atoms with E-state index in [0.717, 1.165) is 77.3 Å². The van der Waals surface area contributed by atoms with Crippen LogP contribution in [0.25, 0.3) is 0 Å². The van der Waals surface area contributed by atoms with Crippen LogP contribution >= 0.6 is 0 Å². The van der Waals surface area contributed by atoms with Crippen molar-refractivity contribution < 1.29 is 102 Å². The Morgan fingerprint density at radius 3 is 1.03 bits per heavy atom. The molecule has 33 heteroatoms. The van der Waals surface area contributed by atoms with E-state index in [1.54, 1.807) is 84.1 Å². The fourth-order valence-electron chi connectivity index (χ4n) is 24.3. The maximum atomic E-state index is 14.1. The van der Waals surface area contributed by atoms with E-state index >= 15 is 0 Å². The van der Waals surface area contributed by atoms with Gasteiger partial charge in [0.1, 0.15) is 41.5 Å². The number of likely N-dealkylation sites (N-methyl/N-ethyl adjacent to an activating group) is 2. The van der Waals surface area contributed by atoms with Crippen LogP contribution in [-0.4, -0.2) is 266 Å². The van der Waals surface area contributed by atoms with Gasteiger partial charge in [-0.1, -0.05) is 232 Å². The Hall–Kier alpha value is -7.46. The van der Waals surface area contributed by atoms with E-state index in [0.29, 0.717) is 92.5 Å². The molecule has 5 aliphatic heterocycles. The lowest BCUT2D eigenvalue weighted by Gasteiger charge is -2.36. The first-order chi connectivity index (χ1) is 65.1. The van der Waals surface area contributed by atoms with Crippen molar-refractivity contribution in [2.45, 2.75) is 448 Å². The molecule has 0 aromatic carbocycles. The van der Waals surface area contributed by atoms with Crippen LogP contribution < -0.4 is 43.4 Å². The van der Waals surface area contributed by atoms with Gasteiger partial charge in [-0.15, -0.1) is 0 Å². The van der Waals surface area contributed by atoms with Crippen molar-refractivity contribution in [3.8, 4) is 0 Å². The number of aliphatic hydroxyl groups is 3. The Balaban J connectivity index is 0.000000246. The number of alkyl carbamates (subject to hydrolysis) is 2. The number of likely N-dealkylation sites (tertiary alicyclic amines) is 4. The summed E-state index contributed by atoms with van der Waals surface area (Å²) in [5.41, 5.74) is 8.49. The van der Waals surface area contributed by atoms with Gasteiger partial charge in [-0.2, -0.15) is 0 Å². The third-order valence-electron chi connectivity index (χ3n) is 34.7. The molecule has 12 aliphatic rings. The van der Waals surface area contributed by atoms with E-state index in [9.17, 15) is 82.4 Å². The van der Waals surface area contributed by atoms with Gasteiger partial charge >= 0.3 is 24.1 Å². The minimum atomic E-state index is -1.40. The standard InChI is InChI=1S/C30H49N3O5.C29H49N3O6.C16H28N2O3.C16H30N2O2.C11H21NO4.C9H17NO/c1-27(2,3)15-22(35)32-24(28(4,5)6)26(38)33-17-30(16-29(30,7)8)14-20(33)21(34)13-19(23(36)25(31)37)12-18-10-9-11-18;1-26(2,3)22(31-25(37)38-27(4,5)6)24(36)32-16-29(15-28(29,7)8)14-19(32)20(33)13-18(21(34)23(30)35)12-17-10-9-11-17;1-14(2,3)11(17-6)12(19)18-9-16(8-15(16,4)5)7-10(18)13(20)21;1-14(2,3)12(17-6)13(20)18-10-16(7-11(18)8-19)9-15(16,4)5;1-10(2,3)7(8(13)14)12-9(15)16-11(4,5)6;1-8(2)5-9(8)3-7(4-11)10-6-9/h18-20,24H,9-17H2,1-8H3,(H2,31,37)(H,32,35);17-19,21-22,34H,9-16H2,1-8H3,(H2,30,35)(H,31,37);10-11,17H,7-9H2,1-6H3,(H,20,21);11-12,17,19H,7-10H2,1-6H3;7H,1-6H3,(H,12,15)(H,13,14);7,10-11H,3-6H2,1-2H3/t19?,20-,24+,30?;18?,19-,21?,22+,29?;10-,11+,16?;11-,12+,16?;7-;7-,9?/m000010/s1. The van der Waals surface area contributed by atoms with Crippen LogP contribution in [0.5, 0.6) is 0 Å². The minimum absolute atomic E-state index is 0.00163. The second-order valence-corrected chi connectivity index (χ2v) is 57.5. The molecule has 824 valence electrons. The third-order valence-corrected chi connectivity index (χ3v) is 34.7. The van der Waals surface area contributed by atoms with Crippen LogP contribution in [0.1, 0.15) is 370 Å². The molecule has 12 rings (SSSR count). The summed E-state index contributed by atoms with van der Waals surface area (Å²) in [4.78, 5) is 184. The summed E-state index contributed by atoms with van der Waals surface area (Å²) in [5.74, 6) is -6.13. The number of primary amides is 2. The second kappa shape index (κ2) is 44.2. The molecular weight excluding hydrogens is 1840 g/mol. The zero-order valence-electron chi connectivity index (χ0n) is 95.2. The number of hydrogen-bond donors (Lipinski definition) is 13. The number of rotatable bonds is 28. The van der Waals surface area contributed by atoms with Crippen molar-refractivity contribution in [1.29, 1.82) is 0 Å². The molecule has 7 saturated carbocycles. The summed E-state index contributed by atoms with van der Waals surface area (Å²) in [5, 5.41) is 65.3. The average molecular weight is 2030 g/mol. The topological polar surface area (TPSA) is 496 Å². The number of aliphatic carboxylic acids is 2. The highest BCUT2D eigenvalue weighted by molar-refractivity contribution is 6.36. The Labute approximate surface area is 861 Å². The number of ether oxygens (including phenoxy) is 2. The van der Waals surface area contributed by atoms with E-state index in [1.807, 2.05) is 95.0 Å². The van der Waals surface area contributed by atoms with E-state index in [4.69, 9.17) is 31.2 Å². The Morgan fingerprint density at radius 2 is 0.743 bits per heavy atom. The zero-order chi connectivity index (χ0) is 111. The third kappa shape index (κ3) is 30.3. The van der Waals surface area contributed by atoms with Gasteiger partial charge in [0.2, 0.25) is 41.2 Å². The summed E-state index contributed by atoms with van der Waals surface area (Å²) < 4.78 is 10.4. The molecule has 5 spiro atoms. The fourth-order valence-corrected chi connectivity index (χ4v) is 24.3.